The zero-order valence-corrected chi connectivity index (χ0v) is 24.0. The van der Waals surface area contributed by atoms with Crippen molar-refractivity contribution in [3.05, 3.63) is 71.4 Å². The molecule has 0 atom stereocenters. The molecule has 0 saturated carbocycles. The average Bonchev–Trinajstić information content (AvgIpc) is 2.89. The molecule has 0 bridgehead atoms. The number of nitriles is 1. The van der Waals surface area contributed by atoms with Gasteiger partial charge in [-0.15, -0.1) is 0 Å². The number of sulfonamides is 1. The first kappa shape index (κ1) is 29.6. The molecular formula is C29H31FN6O4S. The number of hydrogen-bond acceptors (Lipinski definition) is 8. The number of benzene rings is 2. The van der Waals surface area contributed by atoms with Crippen LogP contribution in [0.15, 0.2) is 64.4 Å². The van der Waals surface area contributed by atoms with Crippen LogP contribution in [-0.2, 0) is 21.2 Å². The molecule has 41 heavy (non-hydrogen) atoms. The second kappa shape index (κ2) is 11.6. The van der Waals surface area contributed by atoms with Crippen molar-refractivity contribution in [2.75, 3.05) is 13.1 Å². The van der Waals surface area contributed by atoms with E-state index in [-0.39, 0.29) is 58.5 Å². The molecule has 214 valence electrons. The fourth-order valence-electron chi connectivity index (χ4n) is 4.06. The van der Waals surface area contributed by atoms with Crippen molar-refractivity contribution in [3.8, 4) is 17.6 Å². The molecule has 2 heterocycles. The smallest absolute Gasteiger partial charge is 0.243 e. The van der Waals surface area contributed by atoms with Crippen LogP contribution in [0.3, 0.4) is 0 Å². The normalized spacial score (nSPS) is 15.1. The third kappa shape index (κ3) is 6.70. The molecule has 0 unspecified atom stereocenters. The van der Waals surface area contributed by atoms with E-state index >= 15 is 4.39 Å². The monoisotopic (exact) mass is 578 g/mol. The number of rotatable bonds is 8. The summed E-state index contributed by atoms with van der Waals surface area (Å²) in [6, 6.07) is 11.1. The molecule has 3 aromatic rings. The Morgan fingerprint density at radius 3 is 2.66 bits per heavy atom. The fraction of sp³-hybridized carbons (Fsp3) is 0.310. The Morgan fingerprint density at radius 2 is 2.00 bits per heavy atom. The van der Waals surface area contributed by atoms with Gasteiger partial charge in [0.1, 0.15) is 17.3 Å². The summed E-state index contributed by atoms with van der Waals surface area (Å²) in [7, 11) is -3.80. The Kier molecular flexibility index (Phi) is 8.42. The molecule has 2 aromatic carbocycles. The van der Waals surface area contributed by atoms with Gasteiger partial charge in [0.05, 0.1) is 40.1 Å². The summed E-state index contributed by atoms with van der Waals surface area (Å²) in [5, 5.41) is 12.0. The van der Waals surface area contributed by atoms with Gasteiger partial charge in [0.15, 0.2) is 0 Å². The van der Waals surface area contributed by atoms with Gasteiger partial charge in [-0.05, 0) is 63.6 Å². The quantitative estimate of drug-likeness (QED) is 0.384. The predicted molar refractivity (Wildman–Crippen MR) is 153 cm³/mol. The number of ether oxygens (including phenoxy) is 1. The number of halogens is 1. The van der Waals surface area contributed by atoms with Crippen molar-refractivity contribution in [2.24, 2.45) is 16.6 Å². The average molecular weight is 579 g/mol. The highest BCUT2D eigenvalue weighted by molar-refractivity contribution is 7.89. The summed E-state index contributed by atoms with van der Waals surface area (Å²) >= 11 is 0. The van der Waals surface area contributed by atoms with Crippen LogP contribution in [0, 0.1) is 30.0 Å². The van der Waals surface area contributed by atoms with Crippen LogP contribution in [0.25, 0.3) is 10.9 Å². The molecule has 12 heteroatoms. The Bertz CT molecular complexity index is 1700. The van der Waals surface area contributed by atoms with Gasteiger partial charge >= 0.3 is 0 Å². The molecule has 1 aliphatic rings. The summed E-state index contributed by atoms with van der Waals surface area (Å²) < 4.78 is 48.7. The Morgan fingerprint density at radius 1 is 1.27 bits per heavy atom. The van der Waals surface area contributed by atoms with Crippen LogP contribution >= 0.6 is 0 Å². The first-order chi connectivity index (χ1) is 19.3. The van der Waals surface area contributed by atoms with E-state index in [2.05, 4.69) is 21.4 Å². The van der Waals surface area contributed by atoms with Gasteiger partial charge in [0.25, 0.3) is 0 Å². The molecule has 3 N–H and O–H groups in total. The number of carbonyl (C=O) groups is 1. The number of pyridine rings is 1. The molecule has 0 spiro atoms. The third-order valence-electron chi connectivity index (χ3n) is 6.38. The van der Waals surface area contributed by atoms with Crippen molar-refractivity contribution < 1.29 is 22.3 Å². The molecule has 10 nitrogen and oxygen atoms in total. The number of carbonyl (C=O) groups excluding carboxylic acids is 1. The van der Waals surface area contributed by atoms with Crippen LogP contribution in [0.4, 0.5) is 4.39 Å². The van der Waals surface area contributed by atoms with E-state index < -0.39 is 21.7 Å². The topological polar surface area (TPSA) is 151 Å². The number of amides is 1. The second-order valence-electron chi connectivity index (χ2n) is 10.7. The number of aromatic nitrogens is 1. The summed E-state index contributed by atoms with van der Waals surface area (Å²) in [5.74, 6) is -0.905. The summed E-state index contributed by atoms with van der Waals surface area (Å²) in [5.41, 5.74) is 6.36. The Labute approximate surface area is 238 Å². The van der Waals surface area contributed by atoms with Gasteiger partial charge in [-0.2, -0.15) is 9.57 Å². The zero-order valence-electron chi connectivity index (χ0n) is 23.2. The molecule has 1 aromatic heterocycles. The zero-order chi connectivity index (χ0) is 29.9. The van der Waals surface area contributed by atoms with Crippen molar-refractivity contribution in [3.63, 3.8) is 0 Å². The van der Waals surface area contributed by atoms with Crippen LogP contribution in [0.2, 0.25) is 0 Å². The number of allylic oxidation sites excluding steroid dienone is 1. The van der Waals surface area contributed by atoms with E-state index in [1.807, 2.05) is 20.8 Å². The molecule has 1 fully saturated rings. The molecule has 0 radical (unpaired) electrons. The number of nitrogens with one attached hydrogen (secondary N) is 1. The molecule has 0 aliphatic carbocycles. The lowest BCUT2D eigenvalue weighted by Gasteiger charge is -2.33. The van der Waals surface area contributed by atoms with Crippen LogP contribution in [0.1, 0.15) is 31.9 Å². The summed E-state index contributed by atoms with van der Waals surface area (Å²) in [6.07, 6.45) is 3.94. The molecule has 1 saturated heterocycles. The van der Waals surface area contributed by atoms with Crippen molar-refractivity contribution in [1.82, 2.24) is 14.6 Å². The van der Waals surface area contributed by atoms with Gasteiger partial charge in [-0.25, -0.2) is 12.8 Å². The molecule has 1 aliphatic heterocycles. The highest BCUT2D eigenvalue weighted by atomic mass is 32.2. The maximum Gasteiger partial charge on any atom is 0.243 e. The minimum Gasteiger partial charge on any atom is -0.456 e. The van der Waals surface area contributed by atoms with Crippen molar-refractivity contribution >= 4 is 33.0 Å². The molecule has 4 rings (SSSR count). The Balaban J connectivity index is 1.55. The van der Waals surface area contributed by atoms with Gasteiger partial charge in [-0.1, -0.05) is 6.07 Å². The first-order valence-corrected chi connectivity index (χ1v) is 14.3. The van der Waals surface area contributed by atoms with E-state index in [1.54, 1.807) is 18.2 Å². The lowest BCUT2D eigenvalue weighted by molar-refractivity contribution is -0.119. The number of fused-ring (bicyclic) bond motifs is 1. The van der Waals surface area contributed by atoms with Crippen LogP contribution in [0.5, 0.6) is 11.5 Å². The minimum atomic E-state index is -3.80. The van der Waals surface area contributed by atoms with Crippen molar-refractivity contribution in [2.45, 2.75) is 44.6 Å². The van der Waals surface area contributed by atoms with Gasteiger partial charge in [0.2, 0.25) is 15.9 Å². The standard InChI is InChI=1S/C29H31FN6O4S/c1-18-25(8-5-20(28(18)30)11-27(37)35-21(14-32)15-34-29(2,3)4)40-26-9-10-33-24-7-6-22(12-23(24)26)41(38,39)36-16-19(13-31)17-36/h5-10,12,14-15,19H,11,16-17,32H2,1-4H3,(H,35,37)/b21-14+,34-15?. The number of aliphatic imine (C=N–C) groups is 1. The van der Waals surface area contributed by atoms with Crippen LogP contribution < -0.4 is 15.8 Å². The predicted octanol–water partition coefficient (Wildman–Crippen LogP) is 3.95. The maximum atomic E-state index is 15.3. The van der Waals surface area contributed by atoms with E-state index in [0.717, 1.165) is 0 Å². The summed E-state index contributed by atoms with van der Waals surface area (Å²) in [4.78, 5) is 21.2. The lowest BCUT2D eigenvalue weighted by atomic mass is 10.1. The highest BCUT2D eigenvalue weighted by Gasteiger charge is 2.37. The van der Waals surface area contributed by atoms with Crippen LogP contribution in [-0.4, -0.2) is 48.5 Å². The lowest BCUT2D eigenvalue weighted by Crippen LogP contribution is -2.49. The second-order valence-corrected chi connectivity index (χ2v) is 12.6. The Hall–Kier alpha value is -4.34. The van der Waals surface area contributed by atoms with E-state index in [9.17, 15) is 13.2 Å². The number of nitrogens with two attached hydrogens (primary N) is 1. The van der Waals surface area contributed by atoms with Gasteiger partial charge in [-0.3, -0.25) is 14.8 Å². The molecule has 1 amide bonds. The fourth-order valence-corrected chi connectivity index (χ4v) is 5.62. The van der Waals surface area contributed by atoms with Gasteiger partial charge < -0.3 is 15.8 Å². The van der Waals surface area contributed by atoms with Gasteiger partial charge in [0, 0.05) is 42.7 Å². The SMILES string of the molecule is Cc1c(Oc2ccnc3ccc(S(=O)(=O)N4CC(C#N)C4)cc23)ccc(CC(=O)N/C(C=NC(C)(C)C)=C/N)c1F. The van der Waals surface area contributed by atoms with E-state index in [1.165, 1.54) is 48.0 Å². The van der Waals surface area contributed by atoms with E-state index in [4.69, 9.17) is 15.7 Å². The van der Waals surface area contributed by atoms with Crippen molar-refractivity contribution in [1.29, 1.82) is 5.26 Å². The number of hydrogen-bond donors (Lipinski definition) is 2. The number of nitrogens with zero attached hydrogens (tertiary/aromatic N) is 4. The summed E-state index contributed by atoms with van der Waals surface area (Å²) in [6.45, 7) is 7.51. The maximum absolute atomic E-state index is 15.3. The largest absolute Gasteiger partial charge is 0.456 e. The third-order valence-corrected chi connectivity index (χ3v) is 8.21. The first-order valence-electron chi connectivity index (χ1n) is 12.8. The highest BCUT2D eigenvalue weighted by Crippen LogP contribution is 2.34. The minimum absolute atomic E-state index is 0.0435. The molecular weight excluding hydrogens is 547 g/mol. The van der Waals surface area contributed by atoms with E-state index in [0.29, 0.717) is 16.6 Å².